The summed E-state index contributed by atoms with van der Waals surface area (Å²) in [5.74, 6) is 0.758. The number of hydrogen-bond acceptors (Lipinski definition) is 5. The fraction of sp³-hybridized carbons (Fsp3) is 0.692. The van der Waals surface area contributed by atoms with Crippen LogP contribution in [0.1, 0.15) is 36.3 Å². The van der Waals surface area contributed by atoms with Crippen molar-refractivity contribution in [1.29, 1.82) is 0 Å². The first-order chi connectivity index (χ1) is 9.13. The molecular weight excluding hydrogens is 262 g/mol. The minimum absolute atomic E-state index is 0.301. The zero-order valence-corrected chi connectivity index (χ0v) is 12.9. The van der Waals surface area contributed by atoms with Crippen molar-refractivity contribution < 1.29 is 9.53 Å². The molecule has 0 aliphatic rings. The molecule has 108 valence electrons. The van der Waals surface area contributed by atoms with E-state index >= 15 is 0 Å². The number of nitrogens with zero attached hydrogens (tertiary/aromatic N) is 2. The summed E-state index contributed by atoms with van der Waals surface area (Å²) in [5, 5.41) is 7.60. The average molecular weight is 285 g/mol. The van der Waals surface area contributed by atoms with Gasteiger partial charge in [0.25, 0.3) is 0 Å². The molecule has 1 aromatic rings. The number of thioether (sulfide) groups is 1. The Kier molecular flexibility index (Phi) is 6.94. The van der Waals surface area contributed by atoms with Gasteiger partial charge in [-0.15, -0.1) is 0 Å². The van der Waals surface area contributed by atoms with Crippen LogP contribution in [-0.2, 0) is 18.3 Å². The molecule has 0 fully saturated rings. The van der Waals surface area contributed by atoms with Crippen LogP contribution in [0.5, 0.6) is 0 Å². The number of carbonyl (C=O) groups excluding carboxylic acids is 1. The first-order valence-corrected chi connectivity index (χ1v) is 7.93. The molecule has 0 bridgehead atoms. The third-order valence-electron chi connectivity index (χ3n) is 2.98. The van der Waals surface area contributed by atoms with Gasteiger partial charge in [0.15, 0.2) is 0 Å². The number of rotatable bonds is 8. The number of aryl methyl sites for hydroxylation is 1. The molecule has 0 radical (unpaired) electrons. The average Bonchev–Trinajstić information content (AvgIpc) is 2.76. The Labute approximate surface area is 119 Å². The molecule has 6 heteroatoms. The number of aromatic nitrogens is 2. The molecule has 0 spiro atoms. The molecule has 0 saturated heterocycles. The highest BCUT2D eigenvalue weighted by Crippen LogP contribution is 2.10. The molecule has 1 unspecified atom stereocenters. The Morgan fingerprint density at radius 1 is 1.58 bits per heavy atom. The fourth-order valence-electron chi connectivity index (χ4n) is 1.82. The van der Waals surface area contributed by atoms with Crippen LogP contribution in [-0.4, -0.2) is 40.4 Å². The normalized spacial score (nSPS) is 12.4. The smallest absolute Gasteiger partial charge is 0.341 e. The van der Waals surface area contributed by atoms with E-state index in [2.05, 4.69) is 23.6 Å². The molecule has 0 aromatic carbocycles. The van der Waals surface area contributed by atoms with Gasteiger partial charge in [-0.2, -0.15) is 16.9 Å². The Hall–Kier alpha value is -1.01. The molecule has 0 amide bonds. The van der Waals surface area contributed by atoms with E-state index in [4.69, 9.17) is 4.74 Å². The summed E-state index contributed by atoms with van der Waals surface area (Å²) in [6.07, 6.45) is 4.73. The number of nitrogens with one attached hydrogen (secondary N) is 1. The molecule has 0 saturated carbocycles. The molecule has 1 rings (SSSR count). The summed E-state index contributed by atoms with van der Waals surface area (Å²) in [5.41, 5.74) is 1.42. The van der Waals surface area contributed by atoms with E-state index in [1.165, 1.54) is 0 Å². The summed E-state index contributed by atoms with van der Waals surface area (Å²) in [7, 11) is 1.84. The van der Waals surface area contributed by atoms with Crippen LogP contribution in [0.15, 0.2) is 6.20 Å². The van der Waals surface area contributed by atoms with Gasteiger partial charge < -0.3 is 10.1 Å². The standard InChI is InChI=1S/C13H23N3O2S/c1-5-10(9-19-4)14-8-12-11(7-15-16(12)3)13(17)18-6-2/h7,10,14H,5-6,8-9H2,1-4H3. The van der Waals surface area contributed by atoms with E-state index in [1.807, 2.05) is 18.8 Å². The van der Waals surface area contributed by atoms with Crippen molar-refractivity contribution in [3.05, 3.63) is 17.5 Å². The summed E-state index contributed by atoms with van der Waals surface area (Å²) in [6.45, 7) is 4.97. The van der Waals surface area contributed by atoms with E-state index in [-0.39, 0.29) is 5.97 Å². The lowest BCUT2D eigenvalue weighted by Gasteiger charge is -2.16. The van der Waals surface area contributed by atoms with Crippen molar-refractivity contribution in [2.24, 2.45) is 7.05 Å². The van der Waals surface area contributed by atoms with Crippen LogP contribution in [0.25, 0.3) is 0 Å². The van der Waals surface area contributed by atoms with Crippen molar-refractivity contribution >= 4 is 17.7 Å². The Balaban J connectivity index is 2.71. The Bertz CT molecular complexity index is 407. The summed E-state index contributed by atoms with van der Waals surface area (Å²) >= 11 is 1.82. The molecule has 0 aliphatic carbocycles. The third kappa shape index (κ3) is 4.54. The first-order valence-electron chi connectivity index (χ1n) is 6.54. The van der Waals surface area contributed by atoms with Crippen molar-refractivity contribution in [2.45, 2.75) is 32.9 Å². The third-order valence-corrected chi connectivity index (χ3v) is 3.71. The van der Waals surface area contributed by atoms with Crippen LogP contribution in [0, 0.1) is 0 Å². The fourth-order valence-corrected chi connectivity index (χ4v) is 2.57. The zero-order chi connectivity index (χ0) is 14.3. The van der Waals surface area contributed by atoms with Gasteiger partial charge in [0, 0.05) is 25.4 Å². The molecular formula is C13H23N3O2S. The maximum absolute atomic E-state index is 11.8. The SMILES string of the molecule is CCOC(=O)c1cnn(C)c1CNC(CC)CSC. The minimum Gasteiger partial charge on any atom is -0.462 e. The van der Waals surface area contributed by atoms with Crippen LogP contribution in [0.2, 0.25) is 0 Å². The topological polar surface area (TPSA) is 56.1 Å². The van der Waals surface area contributed by atoms with Crippen LogP contribution < -0.4 is 5.32 Å². The quantitative estimate of drug-likeness (QED) is 0.739. The number of esters is 1. The van der Waals surface area contributed by atoms with Gasteiger partial charge in [-0.25, -0.2) is 4.79 Å². The second-order valence-corrected chi connectivity index (χ2v) is 5.20. The highest BCUT2D eigenvalue weighted by atomic mass is 32.2. The van der Waals surface area contributed by atoms with E-state index in [0.717, 1.165) is 17.9 Å². The molecule has 1 N–H and O–H groups in total. The van der Waals surface area contributed by atoms with Crippen molar-refractivity contribution in [2.75, 3.05) is 18.6 Å². The molecule has 1 atom stereocenters. The molecule has 5 nitrogen and oxygen atoms in total. The molecule has 1 aromatic heterocycles. The maximum atomic E-state index is 11.8. The molecule has 1 heterocycles. The van der Waals surface area contributed by atoms with E-state index in [1.54, 1.807) is 17.8 Å². The minimum atomic E-state index is -0.301. The van der Waals surface area contributed by atoms with Crippen molar-refractivity contribution in [1.82, 2.24) is 15.1 Å². The second kappa shape index (κ2) is 8.22. The van der Waals surface area contributed by atoms with Gasteiger partial charge in [-0.3, -0.25) is 4.68 Å². The predicted molar refractivity (Wildman–Crippen MR) is 78.5 cm³/mol. The zero-order valence-electron chi connectivity index (χ0n) is 12.1. The highest BCUT2D eigenvalue weighted by Gasteiger charge is 2.17. The monoisotopic (exact) mass is 285 g/mol. The lowest BCUT2D eigenvalue weighted by atomic mass is 10.2. The Morgan fingerprint density at radius 2 is 2.32 bits per heavy atom. The predicted octanol–water partition coefficient (Wildman–Crippen LogP) is 1.83. The number of carbonyl (C=O) groups is 1. The van der Waals surface area contributed by atoms with Crippen molar-refractivity contribution in [3.8, 4) is 0 Å². The lowest BCUT2D eigenvalue weighted by molar-refractivity contribution is 0.0524. The van der Waals surface area contributed by atoms with E-state index in [9.17, 15) is 4.79 Å². The van der Waals surface area contributed by atoms with Gasteiger partial charge in [-0.1, -0.05) is 6.92 Å². The lowest BCUT2D eigenvalue weighted by Crippen LogP contribution is -2.31. The number of ether oxygens (including phenoxy) is 1. The van der Waals surface area contributed by atoms with E-state index in [0.29, 0.717) is 24.8 Å². The second-order valence-electron chi connectivity index (χ2n) is 4.29. The number of hydrogen-bond donors (Lipinski definition) is 1. The van der Waals surface area contributed by atoms with Gasteiger partial charge in [-0.05, 0) is 19.6 Å². The summed E-state index contributed by atoms with van der Waals surface area (Å²) < 4.78 is 6.77. The first kappa shape index (κ1) is 16.0. The van der Waals surface area contributed by atoms with Crippen LogP contribution in [0.3, 0.4) is 0 Å². The molecule has 19 heavy (non-hydrogen) atoms. The van der Waals surface area contributed by atoms with Crippen LogP contribution in [0.4, 0.5) is 0 Å². The molecule has 0 aliphatic heterocycles. The van der Waals surface area contributed by atoms with Crippen LogP contribution >= 0.6 is 11.8 Å². The summed E-state index contributed by atoms with van der Waals surface area (Å²) in [6, 6.07) is 0.444. The van der Waals surface area contributed by atoms with Gasteiger partial charge >= 0.3 is 5.97 Å². The highest BCUT2D eigenvalue weighted by molar-refractivity contribution is 7.98. The van der Waals surface area contributed by atoms with Gasteiger partial charge in [0.2, 0.25) is 0 Å². The Morgan fingerprint density at radius 3 is 2.89 bits per heavy atom. The summed E-state index contributed by atoms with van der Waals surface area (Å²) in [4.78, 5) is 11.8. The largest absolute Gasteiger partial charge is 0.462 e. The van der Waals surface area contributed by atoms with Gasteiger partial charge in [0.05, 0.1) is 18.5 Å². The van der Waals surface area contributed by atoms with E-state index < -0.39 is 0 Å². The van der Waals surface area contributed by atoms with Crippen molar-refractivity contribution in [3.63, 3.8) is 0 Å². The maximum Gasteiger partial charge on any atom is 0.341 e. The van der Waals surface area contributed by atoms with Gasteiger partial charge in [0.1, 0.15) is 5.56 Å².